The monoisotopic (exact) mass is 388 g/mol. The Morgan fingerprint density at radius 2 is 1.41 bits per heavy atom. The van der Waals surface area contributed by atoms with Crippen LogP contribution in [0.25, 0.3) is 0 Å². The summed E-state index contributed by atoms with van der Waals surface area (Å²) in [6.07, 6.45) is 3.22. The second-order valence-corrected chi connectivity index (χ2v) is 6.21. The maximum absolute atomic E-state index is 12.5. The molecule has 29 heavy (non-hydrogen) atoms. The lowest BCUT2D eigenvalue weighted by atomic mass is 10.1. The van der Waals surface area contributed by atoms with Crippen LogP contribution in [0.2, 0.25) is 0 Å². The van der Waals surface area contributed by atoms with E-state index in [1.54, 1.807) is 48.8 Å². The summed E-state index contributed by atoms with van der Waals surface area (Å²) in [4.78, 5) is 40.8. The number of benzene rings is 2. The Kier molecular flexibility index (Phi) is 6.67. The molecule has 3 aromatic rings. The number of carbonyl (C=O) groups excluding carboxylic acids is 3. The first-order valence-corrected chi connectivity index (χ1v) is 9.03. The summed E-state index contributed by atoms with van der Waals surface area (Å²) in [7, 11) is 0. The number of carbonyl (C=O) groups is 3. The molecule has 0 aliphatic carbocycles. The van der Waals surface area contributed by atoms with Gasteiger partial charge in [0.15, 0.2) is 0 Å². The summed E-state index contributed by atoms with van der Waals surface area (Å²) in [5.74, 6) is -1.99. The normalized spacial score (nSPS) is 10.1. The summed E-state index contributed by atoms with van der Waals surface area (Å²) in [6, 6.07) is 19.5. The largest absolute Gasteiger partial charge is 0.348 e. The molecule has 3 rings (SSSR count). The molecule has 0 bridgehead atoms. The quantitative estimate of drug-likeness (QED) is 0.564. The highest BCUT2D eigenvalue weighted by molar-refractivity contribution is 6.40. The van der Waals surface area contributed by atoms with Crippen molar-refractivity contribution in [3.05, 3.63) is 95.8 Å². The third-order valence-corrected chi connectivity index (χ3v) is 4.10. The first-order chi connectivity index (χ1) is 14.1. The van der Waals surface area contributed by atoms with E-state index >= 15 is 0 Å². The number of nitrogens with one attached hydrogen (secondary N) is 3. The first kappa shape index (κ1) is 19.8. The smallest absolute Gasteiger partial charge is 0.313 e. The van der Waals surface area contributed by atoms with Crippen LogP contribution in [-0.2, 0) is 22.7 Å². The number of aromatic nitrogens is 1. The lowest BCUT2D eigenvalue weighted by Gasteiger charge is -2.11. The van der Waals surface area contributed by atoms with Gasteiger partial charge in [-0.25, -0.2) is 0 Å². The molecule has 7 heteroatoms. The van der Waals surface area contributed by atoms with Gasteiger partial charge in [-0.2, -0.15) is 0 Å². The van der Waals surface area contributed by atoms with Crippen molar-refractivity contribution in [2.45, 2.75) is 13.1 Å². The van der Waals surface area contributed by atoms with Gasteiger partial charge in [0, 0.05) is 25.5 Å². The van der Waals surface area contributed by atoms with E-state index in [1.807, 2.05) is 30.3 Å². The molecular weight excluding hydrogens is 368 g/mol. The lowest BCUT2D eigenvalue weighted by molar-refractivity contribution is -0.136. The zero-order valence-electron chi connectivity index (χ0n) is 15.6. The highest BCUT2D eigenvalue weighted by atomic mass is 16.2. The fourth-order valence-electron chi connectivity index (χ4n) is 2.61. The van der Waals surface area contributed by atoms with Crippen LogP contribution in [0.15, 0.2) is 79.1 Å². The fraction of sp³-hybridized carbons (Fsp3) is 0.0909. The fourth-order valence-corrected chi connectivity index (χ4v) is 2.61. The van der Waals surface area contributed by atoms with Crippen molar-refractivity contribution in [2.75, 3.05) is 5.32 Å². The molecule has 7 nitrogen and oxygen atoms in total. The van der Waals surface area contributed by atoms with Crippen molar-refractivity contribution >= 4 is 23.4 Å². The number of pyridine rings is 1. The third kappa shape index (κ3) is 5.74. The van der Waals surface area contributed by atoms with Crippen molar-refractivity contribution in [1.82, 2.24) is 15.6 Å². The zero-order chi connectivity index (χ0) is 20.5. The molecule has 0 atom stereocenters. The minimum atomic E-state index is -0.850. The van der Waals surface area contributed by atoms with Gasteiger partial charge >= 0.3 is 11.8 Å². The van der Waals surface area contributed by atoms with Gasteiger partial charge in [0.05, 0.1) is 11.3 Å². The van der Waals surface area contributed by atoms with E-state index in [4.69, 9.17) is 0 Å². The van der Waals surface area contributed by atoms with Crippen molar-refractivity contribution in [3.63, 3.8) is 0 Å². The van der Waals surface area contributed by atoms with Crippen molar-refractivity contribution < 1.29 is 14.4 Å². The van der Waals surface area contributed by atoms with Gasteiger partial charge in [0.2, 0.25) is 0 Å². The zero-order valence-corrected chi connectivity index (χ0v) is 15.6. The Morgan fingerprint density at radius 1 is 0.724 bits per heavy atom. The van der Waals surface area contributed by atoms with E-state index < -0.39 is 11.8 Å². The third-order valence-electron chi connectivity index (χ3n) is 4.10. The van der Waals surface area contributed by atoms with Crippen LogP contribution in [0.1, 0.15) is 21.5 Å². The Labute approximate surface area is 168 Å². The number of hydrogen-bond acceptors (Lipinski definition) is 4. The number of hydrogen-bond donors (Lipinski definition) is 3. The van der Waals surface area contributed by atoms with Gasteiger partial charge in [0.1, 0.15) is 0 Å². The number of amides is 3. The summed E-state index contributed by atoms with van der Waals surface area (Å²) in [5, 5.41) is 7.83. The molecule has 0 unspecified atom stereocenters. The summed E-state index contributed by atoms with van der Waals surface area (Å²) in [5.41, 5.74) is 2.27. The van der Waals surface area contributed by atoms with Gasteiger partial charge in [0.25, 0.3) is 5.91 Å². The second-order valence-electron chi connectivity index (χ2n) is 6.21. The van der Waals surface area contributed by atoms with Crippen molar-refractivity contribution in [2.24, 2.45) is 0 Å². The Balaban J connectivity index is 1.59. The minimum absolute atomic E-state index is 0.180. The van der Waals surface area contributed by atoms with Crippen LogP contribution in [0.5, 0.6) is 0 Å². The van der Waals surface area contributed by atoms with Gasteiger partial charge in [-0.3, -0.25) is 19.4 Å². The van der Waals surface area contributed by atoms with Crippen LogP contribution >= 0.6 is 0 Å². The SMILES string of the molecule is O=C(NCc1cccnc1)C(=O)Nc1ccccc1C(=O)NCc1ccccc1. The lowest BCUT2D eigenvalue weighted by Crippen LogP contribution is -2.35. The van der Waals surface area contributed by atoms with Crippen molar-refractivity contribution in [1.29, 1.82) is 0 Å². The van der Waals surface area contributed by atoms with Gasteiger partial charge in [-0.1, -0.05) is 48.5 Å². The second kappa shape index (κ2) is 9.80. The maximum atomic E-state index is 12.5. The molecule has 1 heterocycles. The average Bonchev–Trinajstić information content (AvgIpc) is 2.77. The topological polar surface area (TPSA) is 100 Å². The Bertz CT molecular complexity index is 991. The van der Waals surface area contributed by atoms with E-state index in [9.17, 15) is 14.4 Å². The summed E-state index contributed by atoms with van der Waals surface area (Å²) in [6.45, 7) is 0.535. The van der Waals surface area contributed by atoms with Crippen LogP contribution < -0.4 is 16.0 Å². The highest BCUT2D eigenvalue weighted by Gasteiger charge is 2.17. The van der Waals surface area contributed by atoms with E-state index in [1.165, 1.54) is 0 Å². The number of anilines is 1. The number of nitrogens with zero attached hydrogens (tertiary/aromatic N) is 1. The molecule has 0 aliphatic rings. The molecule has 3 amide bonds. The van der Waals surface area contributed by atoms with E-state index in [2.05, 4.69) is 20.9 Å². The molecule has 0 aliphatic heterocycles. The number of rotatable bonds is 6. The van der Waals surface area contributed by atoms with Crippen LogP contribution in [0, 0.1) is 0 Å². The van der Waals surface area contributed by atoms with Gasteiger partial charge in [-0.05, 0) is 29.3 Å². The molecule has 0 saturated heterocycles. The molecule has 2 aromatic carbocycles. The number of para-hydroxylation sites is 1. The molecule has 0 fully saturated rings. The van der Waals surface area contributed by atoms with Gasteiger partial charge < -0.3 is 16.0 Å². The van der Waals surface area contributed by atoms with Crippen molar-refractivity contribution in [3.8, 4) is 0 Å². The van der Waals surface area contributed by atoms with Gasteiger partial charge in [-0.15, -0.1) is 0 Å². The summed E-state index contributed by atoms with van der Waals surface area (Å²) < 4.78 is 0. The first-order valence-electron chi connectivity index (χ1n) is 9.03. The van der Waals surface area contributed by atoms with Crippen LogP contribution in [0.4, 0.5) is 5.69 Å². The molecule has 0 spiro atoms. The minimum Gasteiger partial charge on any atom is -0.348 e. The molecule has 1 aromatic heterocycles. The molecule has 3 N–H and O–H groups in total. The summed E-state index contributed by atoms with van der Waals surface area (Å²) >= 11 is 0. The van der Waals surface area contributed by atoms with Crippen LogP contribution in [0.3, 0.4) is 0 Å². The van der Waals surface area contributed by atoms with E-state index in [0.717, 1.165) is 11.1 Å². The average molecular weight is 388 g/mol. The highest BCUT2D eigenvalue weighted by Crippen LogP contribution is 2.15. The predicted octanol–water partition coefficient (Wildman–Crippen LogP) is 2.27. The Hall–Kier alpha value is -4.00. The molecule has 0 radical (unpaired) electrons. The molecule has 0 saturated carbocycles. The van der Waals surface area contributed by atoms with E-state index in [0.29, 0.717) is 6.54 Å². The molecule has 146 valence electrons. The molecular formula is C22H20N4O3. The van der Waals surface area contributed by atoms with Crippen LogP contribution in [-0.4, -0.2) is 22.7 Å². The predicted molar refractivity (Wildman–Crippen MR) is 109 cm³/mol. The standard InChI is InChI=1S/C22H20N4O3/c27-20(24-14-16-7-2-1-3-8-16)18-10-4-5-11-19(18)26-22(29)21(28)25-15-17-9-6-12-23-13-17/h1-13H,14-15H2,(H,24,27)(H,25,28)(H,26,29). The van der Waals surface area contributed by atoms with E-state index in [-0.39, 0.29) is 23.7 Å². The maximum Gasteiger partial charge on any atom is 0.313 e. The Morgan fingerprint density at radius 3 is 2.17 bits per heavy atom.